The number of rotatable bonds is 8. The van der Waals surface area contributed by atoms with Gasteiger partial charge in [-0.3, -0.25) is 4.79 Å². The fourth-order valence-corrected chi connectivity index (χ4v) is 1.14. The molecule has 1 N–H and O–H groups in total. The van der Waals surface area contributed by atoms with E-state index in [9.17, 15) is 9.90 Å². The molecular weight excluding hydrogens is 216 g/mol. The summed E-state index contributed by atoms with van der Waals surface area (Å²) in [5.74, 6) is -0.523. The number of aliphatic hydroxyl groups excluding tert-OH is 1. The van der Waals surface area contributed by atoms with Gasteiger partial charge in [-0.2, -0.15) is 0 Å². The summed E-state index contributed by atoms with van der Waals surface area (Å²) in [6.07, 6.45) is -2.65. The first kappa shape index (κ1) is 10.5. The first-order valence-electron chi connectivity index (χ1n) is 6.69. The molecule has 0 aromatic carbocycles. The second kappa shape index (κ2) is 8.46. The zero-order valence-corrected chi connectivity index (χ0v) is 9.26. The van der Waals surface area contributed by atoms with Crippen molar-refractivity contribution in [3.05, 3.63) is 0 Å². The van der Waals surface area contributed by atoms with Crippen molar-refractivity contribution in [2.75, 3.05) is 34.5 Å². The van der Waals surface area contributed by atoms with Crippen LogP contribution in [0.15, 0.2) is 0 Å². The molecule has 0 radical (unpaired) electrons. The molecule has 0 fully saturated rings. The maximum absolute atomic E-state index is 10.8. The predicted octanol–water partition coefficient (Wildman–Crippen LogP) is -0.413. The van der Waals surface area contributed by atoms with Crippen LogP contribution in [0.2, 0.25) is 0 Å². The summed E-state index contributed by atoms with van der Waals surface area (Å²) in [5, 5.41) is 9.19. The molecule has 0 amide bonds. The van der Waals surface area contributed by atoms with Crippen LogP contribution in [0.5, 0.6) is 0 Å². The lowest BCUT2D eigenvalue weighted by molar-refractivity contribution is -0.158. The van der Waals surface area contributed by atoms with Crippen LogP contribution in [-0.4, -0.2) is 63.9 Å². The molecule has 6 nitrogen and oxygen atoms in total. The van der Waals surface area contributed by atoms with Crippen molar-refractivity contribution in [3.8, 4) is 0 Å². The minimum absolute atomic E-state index is 0.184. The minimum Gasteiger partial charge on any atom is -0.463 e. The van der Waals surface area contributed by atoms with Gasteiger partial charge in [0.05, 0.1) is 10.7 Å². The molecule has 3 atom stereocenters. The molecule has 0 aliphatic rings. The van der Waals surface area contributed by atoms with Gasteiger partial charge in [0.25, 0.3) is 0 Å². The number of carbonyl (C=O) groups excluding carboxylic acids is 1. The van der Waals surface area contributed by atoms with E-state index in [-0.39, 0.29) is 6.61 Å². The van der Waals surface area contributed by atoms with Gasteiger partial charge in [-0.1, -0.05) is 0 Å². The van der Waals surface area contributed by atoms with Crippen LogP contribution in [0.3, 0.4) is 0 Å². The molecule has 0 unspecified atom stereocenters. The van der Waals surface area contributed by atoms with Gasteiger partial charge < -0.3 is 24.1 Å². The zero-order chi connectivity index (χ0) is 14.7. The van der Waals surface area contributed by atoms with Crippen LogP contribution >= 0.6 is 0 Å². The maximum Gasteiger partial charge on any atom is 0.302 e. The number of hydrogen-bond acceptors (Lipinski definition) is 6. The number of ether oxygens (including phenoxy) is 4. The largest absolute Gasteiger partial charge is 0.463 e. The third kappa shape index (κ3) is 4.89. The van der Waals surface area contributed by atoms with Gasteiger partial charge in [-0.25, -0.2) is 0 Å². The van der Waals surface area contributed by atoms with Crippen LogP contribution in [-0.2, 0) is 23.7 Å². The number of methoxy groups -OCH3 is 3. The van der Waals surface area contributed by atoms with Gasteiger partial charge >= 0.3 is 5.97 Å². The van der Waals surface area contributed by atoms with Crippen LogP contribution in [0.4, 0.5) is 0 Å². The van der Waals surface area contributed by atoms with E-state index >= 15 is 0 Å². The van der Waals surface area contributed by atoms with Crippen molar-refractivity contribution in [2.24, 2.45) is 0 Å². The van der Waals surface area contributed by atoms with E-state index in [1.807, 2.05) is 0 Å². The van der Waals surface area contributed by atoms with Gasteiger partial charge in [0.1, 0.15) is 24.9 Å². The second-order valence-electron chi connectivity index (χ2n) is 3.03. The van der Waals surface area contributed by atoms with Crippen molar-refractivity contribution in [1.82, 2.24) is 0 Å². The SMILES string of the molecule is [2H]CO[C@H]([C@H](CO)OC[2H])[C@@H](COC(C)=O)OC[2H]. The summed E-state index contributed by atoms with van der Waals surface area (Å²) in [6, 6.07) is 0. The van der Waals surface area contributed by atoms with E-state index in [1.165, 1.54) is 6.92 Å². The highest BCUT2D eigenvalue weighted by molar-refractivity contribution is 5.65. The van der Waals surface area contributed by atoms with Crippen LogP contribution in [0.25, 0.3) is 0 Å². The van der Waals surface area contributed by atoms with E-state index in [4.69, 9.17) is 23.1 Å². The Kier molecular flexibility index (Phi) is 5.53. The van der Waals surface area contributed by atoms with Gasteiger partial charge in [-0.15, -0.1) is 0 Å². The summed E-state index contributed by atoms with van der Waals surface area (Å²) in [4.78, 5) is 10.8. The summed E-state index contributed by atoms with van der Waals surface area (Å²) in [5.41, 5.74) is 0. The third-order valence-electron chi connectivity index (χ3n) is 1.98. The highest BCUT2D eigenvalue weighted by atomic mass is 16.6. The Morgan fingerprint density at radius 3 is 2.38 bits per heavy atom. The number of hydrogen-bond donors (Lipinski definition) is 1. The van der Waals surface area contributed by atoms with Crippen molar-refractivity contribution < 1.29 is 33.0 Å². The molecule has 0 heterocycles. The lowest BCUT2D eigenvalue weighted by Gasteiger charge is -2.29. The molecule has 0 aliphatic carbocycles. The average molecular weight is 239 g/mol. The number of aliphatic hydroxyl groups is 1. The highest BCUT2D eigenvalue weighted by Gasteiger charge is 2.30. The standard InChI is InChI=1S/C10H20O6/c1-7(12)16-6-9(14-3)10(15-4)8(5-11)13-2/h8-11H,5-6H2,1-4H3/t8-,9+,10+/m0/s1/i2D,3D,4D. The normalized spacial score (nSPS) is 19.0. The van der Waals surface area contributed by atoms with E-state index < -0.39 is 52.1 Å². The van der Waals surface area contributed by atoms with Gasteiger partial charge in [0.2, 0.25) is 0 Å². The second-order valence-corrected chi connectivity index (χ2v) is 3.03. The highest BCUT2D eigenvalue weighted by Crippen LogP contribution is 2.11. The number of esters is 1. The molecule has 6 heteroatoms. The molecule has 0 spiro atoms. The average Bonchev–Trinajstić information content (AvgIpc) is 2.38. The van der Waals surface area contributed by atoms with Crippen molar-refractivity contribution in [1.29, 1.82) is 0 Å². The van der Waals surface area contributed by atoms with Crippen LogP contribution < -0.4 is 0 Å². The van der Waals surface area contributed by atoms with Crippen molar-refractivity contribution in [2.45, 2.75) is 25.2 Å². The van der Waals surface area contributed by atoms with Gasteiger partial charge in [0, 0.05) is 28.2 Å². The van der Waals surface area contributed by atoms with Crippen LogP contribution in [0.1, 0.15) is 11.0 Å². The molecule has 96 valence electrons. The molecular formula is C10H20O6. The molecule has 0 aliphatic heterocycles. The van der Waals surface area contributed by atoms with E-state index in [1.54, 1.807) is 0 Å². The summed E-state index contributed by atoms with van der Waals surface area (Å²) in [7, 11) is -1.21. The first-order valence-corrected chi connectivity index (χ1v) is 4.57. The molecule has 0 saturated carbocycles. The Labute approximate surface area is 99.6 Å². The van der Waals surface area contributed by atoms with Crippen LogP contribution in [0, 0.1) is 0 Å². The first-order chi connectivity index (χ1) is 9.10. The van der Waals surface area contributed by atoms with E-state index in [0.29, 0.717) is 0 Å². The topological polar surface area (TPSA) is 74.2 Å². The third-order valence-corrected chi connectivity index (χ3v) is 1.98. The minimum atomic E-state index is -0.905. The molecule has 0 saturated heterocycles. The Bertz CT molecular complexity index is 243. The molecule has 0 aromatic heterocycles. The monoisotopic (exact) mass is 239 g/mol. The fraction of sp³-hybridized carbons (Fsp3) is 0.900. The summed E-state index contributed by atoms with van der Waals surface area (Å²) in [6.45, 7) is 0.597. The predicted molar refractivity (Wildman–Crippen MR) is 56.1 cm³/mol. The zero-order valence-electron chi connectivity index (χ0n) is 12.3. The Balaban J connectivity index is 4.74. The number of carbonyl (C=O) groups is 1. The Morgan fingerprint density at radius 2 is 1.88 bits per heavy atom. The quantitative estimate of drug-likeness (QED) is 0.580. The lowest BCUT2D eigenvalue weighted by Crippen LogP contribution is -2.45. The van der Waals surface area contributed by atoms with Crippen molar-refractivity contribution in [3.63, 3.8) is 0 Å². The van der Waals surface area contributed by atoms with Gasteiger partial charge in [-0.05, 0) is 0 Å². The maximum atomic E-state index is 10.8. The summed E-state index contributed by atoms with van der Waals surface area (Å²) >= 11 is 0. The van der Waals surface area contributed by atoms with E-state index in [2.05, 4.69) is 0 Å². The summed E-state index contributed by atoms with van der Waals surface area (Å²) < 4.78 is 41.0. The Morgan fingerprint density at radius 1 is 1.25 bits per heavy atom. The molecule has 0 bridgehead atoms. The molecule has 0 aromatic rings. The smallest absolute Gasteiger partial charge is 0.302 e. The van der Waals surface area contributed by atoms with Gasteiger partial charge in [0.15, 0.2) is 0 Å². The molecule has 0 rings (SSSR count). The van der Waals surface area contributed by atoms with E-state index in [0.717, 1.165) is 0 Å². The lowest BCUT2D eigenvalue weighted by atomic mass is 10.1. The fourth-order valence-electron chi connectivity index (χ4n) is 1.14. The van der Waals surface area contributed by atoms with Crippen molar-refractivity contribution >= 4 is 5.97 Å². The Hall–Kier alpha value is -0.690. The molecule has 16 heavy (non-hydrogen) atoms.